The molecule has 0 aliphatic rings. The monoisotopic (exact) mass is 336 g/mol. The number of nitrogens with zero attached hydrogens (tertiary/aromatic N) is 1. The van der Waals surface area contributed by atoms with Crippen molar-refractivity contribution >= 4 is 16.8 Å². The van der Waals surface area contributed by atoms with E-state index in [1.807, 2.05) is 24.3 Å². The molecule has 0 atom stereocenters. The first-order valence-electron chi connectivity index (χ1n) is 8.70. The van der Waals surface area contributed by atoms with Crippen molar-refractivity contribution in [1.29, 1.82) is 0 Å². The Balaban J connectivity index is 1.39. The second-order valence-electron chi connectivity index (χ2n) is 6.12. The summed E-state index contributed by atoms with van der Waals surface area (Å²) in [6.07, 6.45) is 4.25. The van der Waals surface area contributed by atoms with Gasteiger partial charge in [-0.25, -0.2) is 0 Å². The summed E-state index contributed by atoms with van der Waals surface area (Å²) in [5.74, 6) is 0.928. The van der Waals surface area contributed by atoms with E-state index in [9.17, 15) is 4.79 Å². The Hall–Kier alpha value is -2.75. The molecule has 0 bridgehead atoms. The minimum Gasteiger partial charge on any atom is -0.497 e. The number of aryl methyl sites for hydroxylation is 2. The van der Waals surface area contributed by atoms with Crippen LogP contribution >= 0.6 is 0 Å². The van der Waals surface area contributed by atoms with Crippen LogP contribution in [0.5, 0.6) is 5.75 Å². The highest BCUT2D eigenvalue weighted by molar-refractivity contribution is 5.79. The number of nitrogens with one attached hydrogen (secondary N) is 1. The minimum atomic E-state index is 0.0974. The summed E-state index contributed by atoms with van der Waals surface area (Å²) in [7, 11) is 1.65. The van der Waals surface area contributed by atoms with E-state index in [1.165, 1.54) is 10.9 Å². The third-order valence-electron chi connectivity index (χ3n) is 4.35. The summed E-state index contributed by atoms with van der Waals surface area (Å²) in [5, 5.41) is 4.26. The standard InChI is InChI=1S/C21H24N2O2/c1-25-19-8-4-6-17(16-19)10-11-21(24)22-13-5-14-23-15-12-18-7-2-3-9-20(18)23/h2-4,6-9,12,15-16H,5,10-11,13-14H2,1H3,(H,22,24). The number of aromatic nitrogens is 1. The van der Waals surface area contributed by atoms with Crippen LogP contribution in [0.25, 0.3) is 10.9 Å². The number of methoxy groups -OCH3 is 1. The van der Waals surface area contributed by atoms with Gasteiger partial charge in [0, 0.05) is 31.2 Å². The Kier molecular flexibility index (Phi) is 5.73. The van der Waals surface area contributed by atoms with Gasteiger partial charge < -0.3 is 14.6 Å². The van der Waals surface area contributed by atoms with E-state index >= 15 is 0 Å². The number of amides is 1. The number of carbonyl (C=O) groups is 1. The molecule has 0 aliphatic heterocycles. The fourth-order valence-electron chi connectivity index (χ4n) is 2.99. The lowest BCUT2D eigenvalue weighted by Gasteiger charge is -2.08. The van der Waals surface area contributed by atoms with Gasteiger partial charge in [-0.15, -0.1) is 0 Å². The Labute approximate surface area is 148 Å². The average Bonchev–Trinajstić information content (AvgIpc) is 3.07. The number of carbonyl (C=O) groups excluding carboxylic acids is 1. The SMILES string of the molecule is COc1cccc(CCC(=O)NCCCn2ccc3ccccc32)c1. The molecule has 0 saturated heterocycles. The van der Waals surface area contributed by atoms with Crippen molar-refractivity contribution in [2.75, 3.05) is 13.7 Å². The maximum atomic E-state index is 12.0. The van der Waals surface area contributed by atoms with Crippen LogP contribution in [0.4, 0.5) is 0 Å². The highest BCUT2D eigenvalue weighted by Crippen LogP contribution is 2.15. The normalized spacial score (nSPS) is 10.8. The largest absolute Gasteiger partial charge is 0.497 e. The number of para-hydroxylation sites is 1. The molecule has 1 amide bonds. The summed E-state index contributed by atoms with van der Waals surface area (Å²) in [6, 6.07) is 18.3. The van der Waals surface area contributed by atoms with Crippen LogP contribution in [-0.2, 0) is 17.8 Å². The van der Waals surface area contributed by atoms with Crippen molar-refractivity contribution in [1.82, 2.24) is 9.88 Å². The van der Waals surface area contributed by atoms with Crippen molar-refractivity contribution in [3.63, 3.8) is 0 Å². The molecule has 0 spiro atoms. The Bertz CT molecular complexity index is 839. The fourth-order valence-corrected chi connectivity index (χ4v) is 2.99. The van der Waals surface area contributed by atoms with Crippen LogP contribution in [0.1, 0.15) is 18.4 Å². The van der Waals surface area contributed by atoms with Gasteiger partial charge in [-0.1, -0.05) is 30.3 Å². The molecule has 0 aliphatic carbocycles. The molecule has 0 fully saturated rings. The second kappa shape index (κ2) is 8.38. The predicted octanol–water partition coefficient (Wildman–Crippen LogP) is 3.79. The van der Waals surface area contributed by atoms with Gasteiger partial charge in [0.25, 0.3) is 0 Å². The highest BCUT2D eigenvalue weighted by Gasteiger charge is 2.04. The van der Waals surface area contributed by atoms with Gasteiger partial charge in [0.15, 0.2) is 0 Å². The molecule has 3 rings (SSSR count). The quantitative estimate of drug-likeness (QED) is 0.636. The lowest BCUT2D eigenvalue weighted by atomic mass is 10.1. The molecule has 1 N–H and O–H groups in total. The number of benzene rings is 2. The van der Waals surface area contributed by atoms with Gasteiger partial charge in [0.2, 0.25) is 5.91 Å². The molecule has 3 aromatic rings. The molecule has 1 heterocycles. The molecule has 2 aromatic carbocycles. The molecule has 130 valence electrons. The van der Waals surface area contributed by atoms with E-state index in [1.54, 1.807) is 7.11 Å². The van der Waals surface area contributed by atoms with Gasteiger partial charge in [0.1, 0.15) is 5.75 Å². The molecular formula is C21H24N2O2. The first-order valence-corrected chi connectivity index (χ1v) is 8.70. The Morgan fingerprint density at radius 3 is 2.88 bits per heavy atom. The van der Waals surface area contributed by atoms with Gasteiger partial charge in [-0.2, -0.15) is 0 Å². The van der Waals surface area contributed by atoms with Gasteiger partial charge in [0.05, 0.1) is 7.11 Å². The molecule has 0 unspecified atom stereocenters. The van der Waals surface area contributed by atoms with Crippen LogP contribution in [0.3, 0.4) is 0 Å². The Morgan fingerprint density at radius 1 is 1.12 bits per heavy atom. The van der Waals surface area contributed by atoms with Crippen molar-refractivity contribution in [3.8, 4) is 5.75 Å². The molecule has 25 heavy (non-hydrogen) atoms. The first-order chi connectivity index (χ1) is 12.3. The number of fused-ring (bicyclic) bond motifs is 1. The lowest BCUT2D eigenvalue weighted by molar-refractivity contribution is -0.121. The van der Waals surface area contributed by atoms with Crippen LogP contribution < -0.4 is 10.1 Å². The van der Waals surface area contributed by atoms with Crippen LogP contribution in [0.2, 0.25) is 0 Å². The fraction of sp³-hybridized carbons (Fsp3) is 0.286. The van der Waals surface area contributed by atoms with Gasteiger partial charge in [-0.3, -0.25) is 4.79 Å². The van der Waals surface area contributed by atoms with E-state index in [0.717, 1.165) is 30.7 Å². The van der Waals surface area contributed by atoms with Crippen molar-refractivity contribution in [2.24, 2.45) is 0 Å². The van der Waals surface area contributed by atoms with Gasteiger partial charge >= 0.3 is 0 Å². The summed E-state index contributed by atoms with van der Waals surface area (Å²) < 4.78 is 7.44. The third-order valence-corrected chi connectivity index (χ3v) is 4.35. The van der Waals surface area contributed by atoms with E-state index < -0.39 is 0 Å². The van der Waals surface area contributed by atoms with E-state index in [2.05, 4.69) is 46.4 Å². The zero-order valence-corrected chi connectivity index (χ0v) is 14.6. The molecular weight excluding hydrogens is 312 g/mol. The highest BCUT2D eigenvalue weighted by atomic mass is 16.5. The van der Waals surface area contributed by atoms with E-state index in [4.69, 9.17) is 4.74 Å². The topological polar surface area (TPSA) is 43.3 Å². The van der Waals surface area contributed by atoms with Crippen molar-refractivity contribution in [3.05, 3.63) is 66.4 Å². The molecule has 4 heteroatoms. The molecule has 4 nitrogen and oxygen atoms in total. The van der Waals surface area contributed by atoms with Crippen LogP contribution in [-0.4, -0.2) is 24.1 Å². The third kappa shape index (κ3) is 4.63. The van der Waals surface area contributed by atoms with Gasteiger partial charge in [-0.05, 0) is 48.1 Å². The Morgan fingerprint density at radius 2 is 2.00 bits per heavy atom. The minimum absolute atomic E-state index is 0.0974. The summed E-state index contributed by atoms with van der Waals surface area (Å²) in [4.78, 5) is 12.0. The predicted molar refractivity (Wildman–Crippen MR) is 101 cm³/mol. The summed E-state index contributed by atoms with van der Waals surface area (Å²) in [5.41, 5.74) is 2.36. The number of rotatable bonds is 8. The number of hydrogen-bond donors (Lipinski definition) is 1. The van der Waals surface area contributed by atoms with E-state index in [0.29, 0.717) is 13.0 Å². The number of ether oxygens (including phenoxy) is 1. The average molecular weight is 336 g/mol. The lowest BCUT2D eigenvalue weighted by Crippen LogP contribution is -2.25. The summed E-state index contributed by atoms with van der Waals surface area (Å²) in [6.45, 7) is 1.60. The number of hydrogen-bond acceptors (Lipinski definition) is 2. The van der Waals surface area contributed by atoms with Crippen LogP contribution in [0.15, 0.2) is 60.8 Å². The van der Waals surface area contributed by atoms with Crippen LogP contribution in [0, 0.1) is 0 Å². The molecule has 0 saturated carbocycles. The zero-order valence-electron chi connectivity index (χ0n) is 14.6. The first kappa shape index (κ1) is 17.1. The van der Waals surface area contributed by atoms with Crippen molar-refractivity contribution in [2.45, 2.75) is 25.8 Å². The molecule has 0 radical (unpaired) electrons. The smallest absolute Gasteiger partial charge is 0.220 e. The maximum absolute atomic E-state index is 12.0. The second-order valence-corrected chi connectivity index (χ2v) is 6.12. The zero-order chi connectivity index (χ0) is 17.5. The van der Waals surface area contributed by atoms with E-state index in [-0.39, 0.29) is 5.91 Å². The summed E-state index contributed by atoms with van der Waals surface area (Å²) >= 11 is 0. The van der Waals surface area contributed by atoms with Crippen molar-refractivity contribution < 1.29 is 9.53 Å². The maximum Gasteiger partial charge on any atom is 0.220 e. The molecule has 1 aromatic heterocycles.